The predicted octanol–water partition coefficient (Wildman–Crippen LogP) is 3.10. The molecule has 0 heterocycles. The van der Waals surface area contributed by atoms with Crippen molar-refractivity contribution in [3.63, 3.8) is 0 Å². The van der Waals surface area contributed by atoms with Crippen molar-refractivity contribution in [1.82, 2.24) is 0 Å². The minimum absolute atomic E-state index is 0.156. The van der Waals surface area contributed by atoms with Crippen molar-refractivity contribution in [2.75, 3.05) is 17.2 Å². The molecule has 2 N–H and O–H groups in total. The van der Waals surface area contributed by atoms with E-state index in [2.05, 4.69) is 10.6 Å². The Morgan fingerprint density at radius 1 is 1.00 bits per heavy atom. The summed E-state index contributed by atoms with van der Waals surface area (Å²) in [6.07, 6.45) is 6.14. The lowest BCUT2D eigenvalue weighted by Gasteiger charge is -2.20. The van der Waals surface area contributed by atoms with E-state index < -0.39 is 0 Å². The molecule has 1 saturated carbocycles. The first-order valence-electron chi connectivity index (χ1n) is 8.36. The number of benzene rings is 1. The van der Waals surface area contributed by atoms with E-state index in [4.69, 9.17) is 4.74 Å². The first kappa shape index (κ1) is 18.0. The number of anilines is 2. The maximum atomic E-state index is 11.8. The van der Waals surface area contributed by atoms with Gasteiger partial charge in [0, 0.05) is 24.7 Å². The van der Waals surface area contributed by atoms with Crippen LogP contribution in [0.25, 0.3) is 0 Å². The van der Waals surface area contributed by atoms with Crippen LogP contribution in [-0.4, -0.2) is 24.4 Å². The molecule has 0 bridgehead atoms. The molecule has 6 nitrogen and oxygen atoms in total. The highest BCUT2D eigenvalue weighted by atomic mass is 16.5. The van der Waals surface area contributed by atoms with E-state index in [0.717, 1.165) is 12.8 Å². The number of hydrogen-bond donors (Lipinski definition) is 2. The van der Waals surface area contributed by atoms with E-state index in [0.29, 0.717) is 23.7 Å². The molecule has 130 valence electrons. The molecule has 0 saturated heterocycles. The van der Waals surface area contributed by atoms with Crippen molar-refractivity contribution in [3.8, 4) is 0 Å². The summed E-state index contributed by atoms with van der Waals surface area (Å²) < 4.78 is 5.05. The fraction of sp³-hybridized carbons (Fsp3) is 0.500. The molecule has 1 aliphatic carbocycles. The number of carbonyl (C=O) groups is 3. The van der Waals surface area contributed by atoms with Gasteiger partial charge in [-0.25, -0.2) is 0 Å². The van der Waals surface area contributed by atoms with Crippen LogP contribution in [0.15, 0.2) is 24.3 Å². The van der Waals surface area contributed by atoms with Crippen molar-refractivity contribution in [2.45, 2.75) is 45.4 Å². The highest BCUT2D eigenvalue weighted by Gasteiger charge is 2.18. The van der Waals surface area contributed by atoms with Gasteiger partial charge in [0.15, 0.2) is 6.61 Å². The van der Waals surface area contributed by atoms with Gasteiger partial charge in [-0.2, -0.15) is 0 Å². The zero-order valence-corrected chi connectivity index (χ0v) is 14.0. The van der Waals surface area contributed by atoms with E-state index in [9.17, 15) is 14.4 Å². The molecule has 0 atom stereocenters. The molecule has 0 aliphatic heterocycles. The minimum Gasteiger partial charge on any atom is -0.456 e. The van der Waals surface area contributed by atoms with Crippen LogP contribution in [0.1, 0.15) is 45.4 Å². The number of rotatable bonds is 6. The summed E-state index contributed by atoms with van der Waals surface area (Å²) in [6, 6.07) is 6.72. The summed E-state index contributed by atoms with van der Waals surface area (Å²) >= 11 is 0. The topological polar surface area (TPSA) is 84.5 Å². The van der Waals surface area contributed by atoms with Crippen LogP contribution < -0.4 is 10.6 Å². The van der Waals surface area contributed by atoms with Crippen molar-refractivity contribution in [3.05, 3.63) is 24.3 Å². The van der Waals surface area contributed by atoms with Gasteiger partial charge in [-0.15, -0.1) is 0 Å². The third kappa shape index (κ3) is 6.40. The van der Waals surface area contributed by atoms with Gasteiger partial charge in [0.1, 0.15) is 0 Å². The maximum absolute atomic E-state index is 11.8. The van der Waals surface area contributed by atoms with E-state index >= 15 is 0 Å². The molecule has 1 aromatic carbocycles. The Kier molecular flexibility index (Phi) is 6.78. The van der Waals surface area contributed by atoms with Crippen LogP contribution in [0.4, 0.5) is 11.4 Å². The standard InChI is InChI=1S/C18H24N2O4/c1-13(21)19-15-7-9-16(10-8-15)20-17(22)12-24-18(23)11-14-5-3-2-4-6-14/h7-10,14H,2-6,11-12H2,1H3,(H,19,21)(H,20,22). The number of carbonyl (C=O) groups excluding carboxylic acids is 3. The molecule has 0 unspecified atom stereocenters. The Hall–Kier alpha value is -2.37. The molecule has 0 spiro atoms. The molecule has 24 heavy (non-hydrogen) atoms. The lowest BCUT2D eigenvalue weighted by molar-refractivity contribution is -0.148. The smallest absolute Gasteiger partial charge is 0.306 e. The highest BCUT2D eigenvalue weighted by Crippen LogP contribution is 2.26. The maximum Gasteiger partial charge on any atom is 0.306 e. The molecule has 0 radical (unpaired) electrons. The van der Waals surface area contributed by atoms with Crippen molar-refractivity contribution in [1.29, 1.82) is 0 Å². The molecule has 1 aliphatic rings. The van der Waals surface area contributed by atoms with Gasteiger partial charge in [-0.1, -0.05) is 19.3 Å². The number of esters is 1. The predicted molar refractivity (Wildman–Crippen MR) is 91.5 cm³/mol. The Morgan fingerprint density at radius 2 is 1.58 bits per heavy atom. The van der Waals surface area contributed by atoms with Gasteiger partial charge in [-0.05, 0) is 43.0 Å². The van der Waals surface area contributed by atoms with Crippen LogP contribution >= 0.6 is 0 Å². The second-order valence-electron chi connectivity index (χ2n) is 6.18. The molecule has 0 aromatic heterocycles. The SMILES string of the molecule is CC(=O)Nc1ccc(NC(=O)COC(=O)CC2CCCCC2)cc1. The summed E-state index contributed by atoms with van der Waals surface area (Å²) in [5.74, 6) is -0.440. The van der Waals surface area contributed by atoms with Gasteiger partial charge in [0.05, 0.1) is 0 Å². The summed E-state index contributed by atoms with van der Waals surface area (Å²) in [5, 5.41) is 5.30. The molecule has 1 fully saturated rings. The second kappa shape index (κ2) is 9.05. The van der Waals surface area contributed by atoms with Crippen LogP contribution in [0, 0.1) is 5.92 Å². The average Bonchev–Trinajstić information content (AvgIpc) is 2.55. The van der Waals surface area contributed by atoms with Crippen LogP contribution in [0.5, 0.6) is 0 Å². The van der Waals surface area contributed by atoms with Crippen LogP contribution in [0.3, 0.4) is 0 Å². The Labute approximate surface area is 142 Å². The number of ether oxygens (including phenoxy) is 1. The zero-order chi connectivity index (χ0) is 17.4. The molecule has 2 rings (SSSR count). The number of amides is 2. The van der Waals surface area contributed by atoms with Crippen molar-refractivity contribution < 1.29 is 19.1 Å². The first-order valence-corrected chi connectivity index (χ1v) is 8.36. The highest BCUT2D eigenvalue weighted by molar-refractivity contribution is 5.93. The average molecular weight is 332 g/mol. The molecule has 2 amide bonds. The Morgan fingerprint density at radius 3 is 2.17 bits per heavy atom. The molecular weight excluding hydrogens is 308 g/mol. The fourth-order valence-electron chi connectivity index (χ4n) is 2.87. The largest absolute Gasteiger partial charge is 0.456 e. The van der Waals surface area contributed by atoms with Crippen molar-refractivity contribution >= 4 is 29.2 Å². The van der Waals surface area contributed by atoms with Crippen LogP contribution in [0.2, 0.25) is 0 Å². The van der Waals surface area contributed by atoms with Gasteiger partial charge in [-0.3, -0.25) is 14.4 Å². The Bertz CT molecular complexity index is 577. The fourth-order valence-corrected chi connectivity index (χ4v) is 2.87. The quantitative estimate of drug-likeness (QED) is 0.784. The summed E-state index contributed by atoms with van der Waals surface area (Å²) in [5.41, 5.74) is 1.23. The number of nitrogens with one attached hydrogen (secondary N) is 2. The van der Waals surface area contributed by atoms with Gasteiger partial charge in [0.25, 0.3) is 5.91 Å². The van der Waals surface area contributed by atoms with Gasteiger partial charge < -0.3 is 15.4 Å². The normalized spacial score (nSPS) is 14.7. The Balaban J connectivity index is 1.70. The zero-order valence-electron chi connectivity index (χ0n) is 14.0. The minimum atomic E-state index is -0.376. The molecule has 6 heteroatoms. The monoisotopic (exact) mass is 332 g/mol. The third-order valence-electron chi connectivity index (χ3n) is 4.03. The van der Waals surface area contributed by atoms with E-state index in [-0.39, 0.29) is 24.4 Å². The summed E-state index contributed by atoms with van der Waals surface area (Å²) in [6.45, 7) is 1.15. The van der Waals surface area contributed by atoms with Gasteiger partial charge >= 0.3 is 5.97 Å². The van der Waals surface area contributed by atoms with Gasteiger partial charge in [0.2, 0.25) is 5.91 Å². The van der Waals surface area contributed by atoms with E-state index in [1.165, 1.54) is 26.2 Å². The van der Waals surface area contributed by atoms with Crippen LogP contribution in [-0.2, 0) is 19.1 Å². The van der Waals surface area contributed by atoms with Crippen molar-refractivity contribution in [2.24, 2.45) is 5.92 Å². The lowest BCUT2D eigenvalue weighted by atomic mass is 9.87. The third-order valence-corrected chi connectivity index (χ3v) is 4.03. The van der Waals surface area contributed by atoms with E-state index in [1.54, 1.807) is 24.3 Å². The molecule has 1 aromatic rings. The number of hydrogen-bond acceptors (Lipinski definition) is 4. The first-order chi connectivity index (χ1) is 11.5. The lowest BCUT2D eigenvalue weighted by Crippen LogP contribution is -2.22. The van der Waals surface area contributed by atoms with E-state index in [1.807, 2.05) is 0 Å². The second-order valence-corrected chi connectivity index (χ2v) is 6.18. The molecular formula is C18H24N2O4. The summed E-state index contributed by atoms with van der Waals surface area (Å²) in [4.78, 5) is 34.5. The summed E-state index contributed by atoms with van der Waals surface area (Å²) in [7, 11) is 0.